The molecule has 0 bridgehead atoms. The Morgan fingerprint density at radius 3 is 2.08 bits per heavy atom. The van der Waals surface area contributed by atoms with Crippen molar-refractivity contribution >= 4 is 12.3 Å². The molecule has 0 atom stereocenters. The van der Waals surface area contributed by atoms with E-state index in [1.807, 2.05) is 0 Å². The molecule has 0 saturated heterocycles. The minimum atomic E-state index is -0.833. The molecule has 0 aromatic rings. The molecule has 0 rings (SSSR count). The second-order valence-corrected chi connectivity index (χ2v) is 2.89. The number of hydrogen-bond donors (Lipinski definition) is 1. The molecule has 0 aliphatic carbocycles. The van der Waals surface area contributed by atoms with E-state index < -0.39 is 5.97 Å². The number of carbonyl (C=O) groups is 2. The summed E-state index contributed by atoms with van der Waals surface area (Å²) in [7, 11) is 0. The maximum atomic E-state index is 9.84. The van der Waals surface area contributed by atoms with E-state index in [1.54, 1.807) is 0 Å². The van der Waals surface area contributed by atoms with Gasteiger partial charge in [-0.05, 0) is 6.42 Å². The molecule has 1 N–H and O–H groups in total. The van der Waals surface area contributed by atoms with Gasteiger partial charge in [0.25, 0.3) is 5.97 Å². The molecule has 3 heteroatoms. The zero-order valence-electron chi connectivity index (χ0n) is 8.58. The zero-order valence-corrected chi connectivity index (χ0v) is 8.58. The molecule has 3 nitrogen and oxygen atoms in total. The van der Waals surface area contributed by atoms with Crippen LogP contribution < -0.4 is 0 Å². The van der Waals surface area contributed by atoms with Gasteiger partial charge in [-0.1, -0.05) is 32.6 Å². The smallest absolute Gasteiger partial charge is 0.300 e. The van der Waals surface area contributed by atoms with Crippen LogP contribution in [0.25, 0.3) is 0 Å². The van der Waals surface area contributed by atoms with Crippen LogP contribution in [-0.4, -0.2) is 17.4 Å². The SMILES string of the molecule is CC(=O)O.CCCCCCCC=O. The Kier molecular flexibility index (Phi) is 15.5. The monoisotopic (exact) mass is 188 g/mol. The number of carboxylic acids is 1. The van der Waals surface area contributed by atoms with E-state index in [-0.39, 0.29) is 0 Å². The predicted molar refractivity (Wildman–Crippen MR) is 52.7 cm³/mol. The average Bonchev–Trinajstić information content (AvgIpc) is 2.03. The normalized spacial score (nSPS) is 8.46. The van der Waals surface area contributed by atoms with E-state index in [4.69, 9.17) is 9.90 Å². The molecule has 0 saturated carbocycles. The van der Waals surface area contributed by atoms with Gasteiger partial charge >= 0.3 is 0 Å². The third-order valence-corrected chi connectivity index (χ3v) is 1.43. The standard InChI is InChI=1S/C8H16O.C2H4O2/c1-2-3-4-5-6-7-8-9;1-2(3)4/h8H,2-7H2,1H3;1H3,(H,3,4). The van der Waals surface area contributed by atoms with Crippen molar-refractivity contribution in [3.05, 3.63) is 0 Å². The predicted octanol–water partition coefficient (Wildman–Crippen LogP) is 2.64. The highest BCUT2D eigenvalue weighted by Gasteiger charge is 1.85. The molecule has 0 aromatic carbocycles. The summed E-state index contributed by atoms with van der Waals surface area (Å²) < 4.78 is 0. The van der Waals surface area contributed by atoms with Crippen LogP contribution in [0.3, 0.4) is 0 Å². The minimum absolute atomic E-state index is 0.754. The second kappa shape index (κ2) is 13.7. The van der Waals surface area contributed by atoms with Crippen LogP contribution in [0.1, 0.15) is 52.4 Å². The maximum Gasteiger partial charge on any atom is 0.300 e. The molecule has 0 radical (unpaired) electrons. The Hall–Kier alpha value is -0.860. The summed E-state index contributed by atoms with van der Waals surface area (Å²) in [6.45, 7) is 3.28. The van der Waals surface area contributed by atoms with Crippen molar-refractivity contribution < 1.29 is 14.7 Å². The average molecular weight is 188 g/mol. The number of unbranched alkanes of at least 4 members (excludes halogenated alkanes) is 5. The lowest BCUT2D eigenvalue weighted by Crippen LogP contribution is -1.78. The van der Waals surface area contributed by atoms with E-state index in [2.05, 4.69) is 6.92 Å². The third kappa shape index (κ3) is 35.2. The first kappa shape index (κ1) is 14.7. The van der Waals surface area contributed by atoms with E-state index in [1.165, 1.54) is 25.7 Å². The first-order valence-corrected chi connectivity index (χ1v) is 4.78. The molecule has 78 valence electrons. The van der Waals surface area contributed by atoms with Gasteiger partial charge in [0.2, 0.25) is 0 Å². The third-order valence-electron chi connectivity index (χ3n) is 1.43. The van der Waals surface area contributed by atoms with Gasteiger partial charge in [0.1, 0.15) is 6.29 Å². The fourth-order valence-electron chi connectivity index (χ4n) is 0.831. The van der Waals surface area contributed by atoms with E-state index in [0.29, 0.717) is 0 Å². The van der Waals surface area contributed by atoms with Gasteiger partial charge in [0.05, 0.1) is 0 Å². The molecule has 0 aliphatic heterocycles. The lowest BCUT2D eigenvalue weighted by Gasteiger charge is -1.93. The summed E-state index contributed by atoms with van der Waals surface area (Å²) in [4.78, 5) is 18.8. The maximum absolute atomic E-state index is 9.84. The Morgan fingerprint density at radius 1 is 1.23 bits per heavy atom. The number of carbonyl (C=O) groups excluding carboxylic acids is 1. The van der Waals surface area contributed by atoms with Crippen LogP contribution >= 0.6 is 0 Å². The number of carboxylic acid groups (broad SMARTS) is 1. The van der Waals surface area contributed by atoms with Crippen molar-refractivity contribution in [1.29, 1.82) is 0 Å². The highest BCUT2D eigenvalue weighted by atomic mass is 16.4. The molecule has 0 unspecified atom stereocenters. The number of rotatable bonds is 6. The first-order valence-electron chi connectivity index (χ1n) is 4.78. The van der Waals surface area contributed by atoms with Crippen LogP contribution in [0, 0.1) is 0 Å². The van der Waals surface area contributed by atoms with Crippen molar-refractivity contribution in [3.63, 3.8) is 0 Å². The molecule has 0 spiro atoms. The molecular formula is C10H20O3. The fraction of sp³-hybridized carbons (Fsp3) is 0.800. The van der Waals surface area contributed by atoms with Gasteiger partial charge in [-0.3, -0.25) is 4.79 Å². The van der Waals surface area contributed by atoms with Gasteiger partial charge in [0, 0.05) is 13.3 Å². The van der Waals surface area contributed by atoms with Crippen molar-refractivity contribution in [2.45, 2.75) is 52.4 Å². The van der Waals surface area contributed by atoms with Gasteiger partial charge in [-0.25, -0.2) is 0 Å². The van der Waals surface area contributed by atoms with Crippen LogP contribution in [0.5, 0.6) is 0 Å². The van der Waals surface area contributed by atoms with Crippen LogP contribution in [0.4, 0.5) is 0 Å². The largest absolute Gasteiger partial charge is 0.481 e. The summed E-state index contributed by atoms with van der Waals surface area (Å²) >= 11 is 0. The summed E-state index contributed by atoms with van der Waals surface area (Å²) in [5.74, 6) is -0.833. The Morgan fingerprint density at radius 2 is 1.69 bits per heavy atom. The van der Waals surface area contributed by atoms with Gasteiger partial charge < -0.3 is 9.90 Å². The number of aliphatic carboxylic acids is 1. The topological polar surface area (TPSA) is 54.4 Å². The minimum Gasteiger partial charge on any atom is -0.481 e. The highest BCUT2D eigenvalue weighted by molar-refractivity contribution is 5.62. The molecule has 0 aliphatic rings. The van der Waals surface area contributed by atoms with Gasteiger partial charge in [-0.15, -0.1) is 0 Å². The quantitative estimate of drug-likeness (QED) is 0.515. The van der Waals surface area contributed by atoms with E-state index in [9.17, 15) is 4.79 Å². The van der Waals surface area contributed by atoms with Crippen molar-refractivity contribution in [2.75, 3.05) is 0 Å². The Labute approximate surface area is 80.1 Å². The van der Waals surface area contributed by atoms with Crippen LogP contribution in [0.15, 0.2) is 0 Å². The molecule has 0 heterocycles. The molecule has 0 aromatic heterocycles. The summed E-state index contributed by atoms with van der Waals surface area (Å²) in [6, 6.07) is 0. The van der Waals surface area contributed by atoms with E-state index in [0.717, 1.165) is 26.1 Å². The first-order chi connectivity index (χ1) is 6.15. The summed E-state index contributed by atoms with van der Waals surface area (Å²) in [5, 5.41) is 7.42. The summed E-state index contributed by atoms with van der Waals surface area (Å²) in [5.41, 5.74) is 0. The molecule has 0 fully saturated rings. The van der Waals surface area contributed by atoms with E-state index >= 15 is 0 Å². The van der Waals surface area contributed by atoms with Crippen LogP contribution in [0.2, 0.25) is 0 Å². The second-order valence-electron chi connectivity index (χ2n) is 2.89. The summed E-state index contributed by atoms with van der Waals surface area (Å²) in [6.07, 6.45) is 7.97. The van der Waals surface area contributed by atoms with Crippen molar-refractivity contribution in [1.82, 2.24) is 0 Å². The number of aldehydes is 1. The fourth-order valence-corrected chi connectivity index (χ4v) is 0.831. The zero-order chi connectivity index (χ0) is 10.5. The lowest BCUT2D eigenvalue weighted by molar-refractivity contribution is -0.134. The Balaban J connectivity index is 0. The van der Waals surface area contributed by atoms with Crippen LogP contribution in [-0.2, 0) is 9.59 Å². The molecular weight excluding hydrogens is 168 g/mol. The van der Waals surface area contributed by atoms with Crippen molar-refractivity contribution in [3.8, 4) is 0 Å². The number of hydrogen-bond acceptors (Lipinski definition) is 2. The lowest BCUT2D eigenvalue weighted by atomic mass is 10.1. The highest BCUT2D eigenvalue weighted by Crippen LogP contribution is 2.02. The molecule has 0 amide bonds. The molecule has 13 heavy (non-hydrogen) atoms. The Bertz CT molecular complexity index is 117. The van der Waals surface area contributed by atoms with Crippen molar-refractivity contribution in [2.24, 2.45) is 0 Å². The van der Waals surface area contributed by atoms with Gasteiger partial charge in [-0.2, -0.15) is 0 Å². The van der Waals surface area contributed by atoms with Gasteiger partial charge in [0.15, 0.2) is 0 Å².